The van der Waals surface area contributed by atoms with Crippen LogP contribution in [0.25, 0.3) is 10.9 Å². The summed E-state index contributed by atoms with van der Waals surface area (Å²) >= 11 is 0. The molecule has 3 N–H and O–H groups in total. The number of pyridine rings is 1. The summed E-state index contributed by atoms with van der Waals surface area (Å²) in [5.74, 6) is 0.619. The fourth-order valence-corrected chi connectivity index (χ4v) is 2.36. The number of aromatic nitrogens is 1. The van der Waals surface area contributed by atoms with Gasteiger partial charge in [-0.3, -0.25) is 10.1 Å². The zero-order valence-corrected chi connectivity index (χ0v) is 12.5. The molecule has 0 aliphatic rings. The molecule has 5 nitrogen and oxygen atoms in total. The quantitative estimate of drug-likeness (QED) is 0.838. The van der Waals surface area contributed by atoms with Crippen LogP contribution < -0.4 is 15.6 Å². The van der Waals surface area contributed by atoms with Crippen molar-refractivity contribution in [3.05, 3.63) is 34.9 Å². The molecule has 2 aromatic rings. The first-order valence-electron chi connectivity index (χ1n) is 6.87. The third-order valence-electron chi connectivity index (χ3n) is 3.25. The Morgan fingerprint density at radius 1 is 1.29 bits per heavy atom. The zero-order chi connectivity index (χ0) is 15.4. The lowest BCUT2D eigenvalue weighted by Crippen LogP contribution is -2.28. The molecule has 21 heavy (non-hydrogen) atoms. The molecule has 0 aliphatic carbocycles. The number of carbonyl (C=O) groups excluding carboxylic acids is 1. The Bertz CT molecular complexity index is 731. The fourth-order valence-electron chi connectivity index (χ4n) is 2.36. The molecule has 0 saturated heterocycles. The Morgan fingerprint density at radius 2 is 2.05 bits per heavy atom. The van der Waals surface area contributed by atoms with E-state index in [0.717, 1.165) is 16.5 Å². The van der Waals surface area contributed by atoms with E-state index in [9.17, 15) is 10.1 Å². The number of aryl methyl sites for hydroxylation is 2. The summed E-state index contributed by atoms with van der Waals surface area (Å²) in [5.41, 5.74) is 3.89. The molecule has 0 unspecified atom stereocenters. The first-order chi connectivity index (χ1) is 10.0. The van der Waals surface area contributed by atoms with Crippen LogP contribution in [0, 0.1) is 25.2 Å². The fraction of sp³-hybridized carbons (Fsp3) is 0.312. The van der Waals surface area contributed by atoms with Crippen LogP contribution in [0.4, 0.5) is 5.82 Å². The number of anilines is 1. The van der Waals surface area contributed by atoms with E-state index in [1.165, 1.54) is 12.5 Å². The van der Waals surface area contributed by atoms with Crippen molar-refractivity contribution in [2.75, 3.05) is 18.4 Å². The number of carbonyl (C=O) groups is 1. The normalized spacial score (nSPS) is 10.2. The van der Waals surface area contributed by atoms with Crippen molar-refractivity contribution in [2.45, 2.75) is 20.8 Å². The molecule has 1 heterocycles. The van der Waals surface area contributed by atoms with Crippen molar-refractivity contribution >= 4 is 22.6 Å². The number of rotatable bonds is 4. The SMILES string of the molecule is CC(=O)NCCNc1[nH+]c2c(C)cc(C)cc2cc1C#N. The van der Waals surface area contributed by atoms with Gasteiger partial charge in [0.25, 0.3) is 5.82 Å². The maximum absolute atomic E-state index is 10.8. The van der Waals surface area contributed by atoms with Crippen molar-refractivity contribution in [1.29, 1.82) is 5.26 Å². The van der Waals surface area contributed by atoms with Crippen LogP contribution >= 0.6 is 0 Å². The van der Waals surface area contributed by atoms with Crippen LogP contribution in [0.3, 0.4) is 0 Å². The highest BCUT2D eigenvalue weighted by atomic mass is 16.1. The number of aromatic amines is 1. The number of hydrogen-bond donors (Lipinski definition) is 2. The van der Waals surface area contributed by atoms with Crippen LogP contribution in [-0.4, -0.2) is 19.0 Å². The van der Waals surface area contributed by atoms with Crippen LogP contribution in [-0.2, 0) is 4.79 Å². The van der Waals surface area contributed by atoms with Crippen LogP contribution in [0.1, 0.15) is 23.6 Å². The van der Waals surface area contributed by atoms with Crippen LogP contribution in [0.2, 0.25) is 0 Å². The topological polar surface area (TPSA) is 79.1 Å². The lowest BCUT2D eigenvalue weighted by atomic mass is 10.1. The van der Waals surface area contributed by atoms with Gasteiger partial charge >= 0.3 is 0 Å². The van der Waals surface area contributed by atoms with E-state index in [4.69, 9.17) is 0 Å². The average Bonchev–Trinajstić information content (AvgIpc) is 2.42. The monoisotopic (exact) mass is 283 g/mol. The number of amides is 1. The van der Waals surface area contributed by atoms with Crippen molar-refractivity contribution in [2.24, 2.45) is 0 Å². The second-order valence-electron chi connectivity index (χ2n) is 5.13. The number of nitriles is 1. The zero-order valence-electron chi connectivity index (χ0n) is 12.5. The molecule has 0 fully saturated rings. The highest BCUT2D eigenvalue weighted by Gasteiger charge is 2.13. The summed E-state index contributed by atoms with van der Waals surface area (Å²) in [6.45, 7) is 6.63. The molecule has 0 atom stereocenters. The van der Waals surface area contributed by atoms with Gasteiger partial charge in [-0.2, -0.15) is 5.26 Å². The molecule has 0 bridgehead atoms. The minimum absolute atomic E-state index is 0.0638. The summed E-state index contributed by atoms with van der Waals surface area (Å²) in [7, 11) is 0. The van der Waals surface area contributed by atoms with Gasteiger partial charge in [0.2, 0.25) is 5.91 Å². The molecule has 2 rings (SSSR count). The maximum Gasteiger partial charge on any atom is 0.290 e. The van der Waals surface area contributed by atoms with E-state index in [0.29, 0.717) is 24.5 Å². The van der Waals surface area contributed by atoms with Crippen molar-refractivity contribution in [3.63, 3.8) is 0 Å². The average molecular weight is 283 g/mol. The Labute approximate surface area is 124 Å². The van der Waals surface area contributed by atoms with Gasteiger partial charge in [-0.05, 0) is 37.1 Å². The molecule has 108 valence electrons. The second kappa shape index (κ2) is 6.23. The number of nitrogens with one attached hydrogen (secondary N) is 3. The number of benzene rings is 1. The highest BCUT2D eigenvalue weighted by molar-refractivity contribution is 5.82. The number of fused-ring (bicyclic) bond motifs is 1. The predicted molar refractivity (Wildman–Crippen MR) is 81.9 cm³/mol. The molecule has 0 saturated carbocycles. The van der Waals surface area contributed by atoms with Gasteiger partial charge < -0.3 is 5.32 Å². The van der Waals surface area contributed by atoms with Gasteiger partial charge in [0.15, 0.2) is 0 Å². The first-order valence-corrected chi connectivity index (χ1v) is 6.87. The Kier molecular flexibility index (Phi) is 4.39. The third-order valence-corrected chi connectivity index (χ3v) is 3.25. The van der Waals surface area contributed by atoms with E-state index in [2.05, 4.69) is 33.8 Å². The molecule has 1 aromatic heterocycles. The molecule has 0 aliphatic heterocycles. The molecular weight excluding hydrogens is 264 g/mol. The lowest BCUT2D eigenvalue weighted by Gasteiger charge is -2.06. The largest absolute Gasteiger partial charge is 0.352 e. The molecule has 0 spiro atoms. The van der Waals surface area contributed by atoms with Crippen molar-refractivity contribution in [3.8, 4) is 6.07 Å². The minimum atomic E-state index is -0.0638. The van der Waals surface area contributed by atoms with Crippen molar-refractivity contribution < 1.29 is 9.78 Å². The van der Waals surface area contributed by atoms with Gasteiger partial charge in [-0.25, -0.2) is 4.98 Å². The second-order valence-corrected chi connectivity index (χ2v) is 5.13. The minimum Gasteiger partial charge on any atom is -0.352 e. The number of H-pyrrole nitrogens is 1. The Balaban J connectivity index is 2.30. The van der Waals surface area contributed by atoms with Gasteiger partial charge in [0.1, 0.15) is 23.7 Å². The maximum atomic E-state index is 10.8. The van der Waals surface area contributed by atoms with Gasteiger partial charge in [0.05, 0.1) is 6.54 Å². The molecule has 1 aromatic carbocycles. The van der Waals surface area contributed by atoms with Gasteiger partial charge in [-0.1, -0.05) is 6.07 Å². The summed E-state index contributed by atoms with van der Waals surface area (Å²) in [6.07, 6.45) is 0. The van der Waals surface area contributed by atoms with E-state index in [-0.39, 0.29) is 5.91 Å². The van der Waals surface area contributed by atoms with E-state index < -0.39 is 0 Å². The standard InChI is InChI=1S/C16H18N4O/c1-10-6-11(2)15-13(7-10)8-14(9-17)16(20-15)19-5-4-18-12(3)21/h6-8H,4-5H2,1-3H3,(H,18,21)(H,19,20)/p+1. The Hall–Kier alpha value is -2.61. The summed E-state index contributed by atoms with van der Waals surface area (Å²) < 4.78 is 0. The van der Waals surface area contributed by atoms with Crippen molar-refractivity contribution in [1.82, 2.24) is 5.32 Å². The highest BCUT2D eigenvalue weighted by Crippen LogP contribution is 2.20. The number of hydrogen-bond acceptors (Lipinski definition) is 3. The summed E-state index contributed by atoms with van der Waals surface area (Å²) in [6, 6.07) is 8.24. The van der Waals surface area contributed by atoms with Gasteiger partial charge in [0, 0.05) is 12.3 Å². The van der Waals surface area contributed by atoms with E-state index in [1.807, 2.05) is 19.9 Å². The Morgan fingerprint density at radius 3 is 2.71 bits per heavy atom. The molecule has 1 amide bonds. The van der Waals surface area contributed by atoms with Crippen LogP contribution in [0.15, 0.2) is 18.2 Å². The number of nitrogens with zero attached hydrogens (tertiary/aromatic N) is 1. The predicted octanol–water partition coefficient (Wildman–Crippen LogP) is 1.69. The lowest BCUT2D eigenvalue weighted by molar-refractivity contribution is -0.328. The molecule has 5 heteroatoms. The summed E-state index contributed by atoms with van der Waals surface area (Å²) in [4.78, 5) is 14.1. The van der Waals surface area contributed by atoms with Crippen LogP contribution in [0.5, 0.6) is 0 Å². The first kappa shape index (κ1) is 14.8. The third kappa shape index (κ3) is 3.48. The van der Waals surface area contributed by atoms with Gasteiger partial charge in [-0.15, -0.1) is 0 Å². The van der Waals surface area contributed by atoms with E-state index in [1.54, 1.807) is 0 Å². The smallest absolute Gasteiger partial charge is 0.290 e. The van der Waals surface area contributed by atoms with E-state index >= 15 is 0 Å². The summed E-state index contributed by atoms with van der Waals surface area (Å²) in [5, 5.41) is 16.2. The molecular formula is C16H19N4O+. The molecule has 0 radical (unpaired) electrons.